The molecule has 0 radical (unpaired) electrons. The summed E-state index contributed by atoms with van der Waals surface area (Å²) < 4.78 is 1.79. The van der Waals surface area contributed by atoms with Crippen LogP contribution in [0.2, 0.25) is 0 Å². The van der Waals surface area contributed by atoms with Gasteiger partial charge in [0, 0.05) is 12.8 Å². The quantitative estimate of drug-likeness (QED) is 0.724. The Balaban J connectivity index is 2.81. The predicted octanol–water partition coefficient (Wildman–Crippen LogP) is 0.704. The Kier molecular flexibility index (Phi) is 2.47. The van der Waals surface area contributed by atoms with E-state index in [2.05, 4.69) is 10.3 Å². The van der Waals surface area contributed by atoms with E-state index in [0.717, 1.165) is 5.69 Å². The smallest absolute Gasteiger partial charge is 0.0796 e. The topological polar surface area (TPSA) is 50.9 Å². The van der Waals surface area contributed by atoms with Gasteiger partial charge in [-0.2, -0.15) is 0 Å². The molecule has 0 aliphatic rings. The minimum absolute atomic E-state index is 0.143. The van der Waals surface area contributed by atoms with Crippen LogP contribution < -0.4 is 0 Å². The lowest BCUT2D eigenvalue weighted by molar-refractivity contribution is 0.199. The third-order valence-corrected chi connectivity index (χ3v) is 1.95. The van der Waals surface area contributed by atoms with Crippen molar-refractivity contribution in [3.8, 4) is 0 Å². The van der Waals surface area contributed by atoms with Crippen LogP contribution >= 0.6 is 0 Å². The lowest BCUT2D eigenvalue weighted by atomic mass is 10.0. The summed E-state index contributed by atoms with van der Waals surface area (Å²) in [6, 6.07) is 0. The summed E-state index contributed by atoms with van der Waals surface area (Å²) >= 11 is 0. The molecule has 0 bridgehead atoms. The summed E-state index contributed by atoms with van der Waals surface area (Å²) in [6.07, 6.45) is 2.57. The van der Waals surface area contributed by atoms with Crippen molar-refractivity contribution in [2.45, 2.75) is 32.7 Å². The first kappa shape index (κ1) is 9.19. The average Bonchev–Trinajstić information content (AvgIpc) is 2.36. The van der Waals surface area contributed by atoms with Crippen molar-refractivity contribution < 1.29 is 5.11 Å². The Morgan fingerprint density at radius 2 is 2.25 bits per heavy atom. The maximum atomic E-state index is 8.81. The number of aliphatic hydroxyl groups excluding tert-OH is 1. The van der Waals surface area contributed by atoms with Crippen LogP contribution in [0, 0.1) is 6.92 Å². The fourth-order valence-electron chi connectivity index (χ4n) is 1.03. The van der Waals surface area contributed by atoms with E-state index >= 15 is 0 Å². The highest BCUT2D eigenvalue weighted by atomic mass is 16.3. The van der Waals surface area contributed by atoms with Gasteiger partial charge < -0.3 is 5.11 Å². The summed E-state index contributed by atoms with van der Waals surface area (Å²) in [5.41, 5.74) is 0.761. The van der Waals surface area contributed by atoms with Gasteiger partial charge in [0.25, 0.3) is 0 Å². The van der Waals surface area contributed by atoms with E-state index in [1.807, 2.05) is 27.0 Å². The first-order valence-corrected chi connectivity index (χ1v) is 4.06. The molecule has 68 valence electrons. The Hall–Kier alpha value is -0.900. The molecule has 1 heterocycles. The molecule has 0 atom stereocenters. The van der Waals surface area contributed by atoms with Crippen molar-refractivity contribution in [3.05, 3.63) is 11.9 Å². The lowest BCUT2D eigenvalue weighted by Gasteiger charge is -2.23. The number of hydrogen-bond donors (Lipinski definition) is 1. The third kappa shape index (κ3) is 1.82. The summed E-state index contributed by atoms with van der Waals surface area (Å²) in [7, 11) is 0. The fourth-order valence-corrected chi connectivity index (χ4v) is 1.03. The normalized spacial score (nSPS) is 12.0. The van der Waals surface area contributed by atoms with Crippen molar-refractivity contribution in [3.63, 3.8) is 0 Å². The second-order valence-electron chi connectivity index (χ2n) is 3.59. The number of aromatic nitrogens is 3. The van der Waals surface area contributed by atoms with E-state index in [1.54, 1.807) is 4.68 Å². The number of hydrogen-bond acceptors (Lipinski definition) is 3. The molecule has 1 rings (SSSR count). The van der Waals surface area contributed by atoms with Gasteiger partial charge in [-0.3, -0.25) is 0 Å². The van der Waals surface area contributed by atoms with Gasteiger partial charge in [-0.05, 0) is 27.2 Å². The van der Waals surface area contributed by atoms with Crippen molar-refractivity contribution in [2.24, 2.45) is 0 Å². The summed E-state index contributed by atoms with van der Waals surface area (Å²) in [5.74, 6) is 0. The van der Waals surface area contributed by atoms with Crippen LogP contribution in [0.5, 0.6) is 0 Å². The Morgan fingerprint density at radius 3 is 2.67 bits per heavy atom. The van der Waals surface area contributed by atoms with Crippen LogP contribution in [0.25, 0.3) is 0 Å². The van der Waals surface area contributed by atoms with Gasteiger partial charge in [0.2, 0.25) is 0 Å². The molecule has 0 spiro atoms. The van der Waals surface area contributed by atoms with E-state index in [0.29, 0.717) is 6.42 Å². The van der Waals surface area contributed by atoms with Gasteiger partial charge in [0.05, 0.1) is 11.2 Å². The highest BCUT2D eigenvalue weighted by molar-refractivity contribution is 4.90. The standard InChI is InChI=1S/C8H15N3O/c1-7-6-11(10-9-7)8(2,3)4-5-12/h6,12H,4-5H2,1-3H3. The second-order valence-corrected chi connectivity index (χ2v) is 3.59. The SMILES string of the molecule is Cc1cn(C(C)(C)CCO)nn1. The van der Waals surface area contributed by atoms with Gasteiger partial charge in [-0.15, -0.1) is 5.10 Å². The molecule has 0 aromatic carbocycles. The summed E-state index contributed by atoms with van der Waals surface area (Å²) in [4.78, 5) is 0. The molecule has 1 aromatic heterocycles. The molecular formula is C8H15N3O. The molecule has 1 N–H and O–H groups in total. The molecule has 12 heavy (non-hydrogen) atoms. The van der Waals surface area contributed by atoms with Gasteiger partial charge in [0.1, 0.15) is 0 Å². The van der Waals surface area contributed by atoms with E-state index in [1.165, 1.54) is 0 Å². The Labute approximate surface area is 72.2 Å². The highest BCUT2D eigenvalue weighted by Gasteiger charge is 2.20. The molecule has 0 aliphatic carbocycles. The molecule has 0 saturated carbocycles. The first-order valence-electron chi connectivity index (χ1n) is 4.06. The maximum absolute atomic E-state index is 8.81. The van der Waals surface area contributed by atoms with Crippen molar-refractivity contribution in [1.29, 1.82) is 0 Å². The second kappa shape index (κ2) is 3.23. The van der Waals surface area contributed by atoms with Crippen molar-refractivity contribution >= 4 is 0 Å². The van der Waals surface area contributed by atoms with Crippen LogP contribution in [0.4, 0.5) is 0 Å². The van der Waals surface area contributed by atoms with Crippen LogP contribution in [-0.4, -0.2) is 26.7 Å². The minimum atomic E-state index is -0.143. The Bertz CT molecular complexity index is 255. The van der Waals surface area contributed by atoms with E-state index in [9.17, 15) is 0 Å². The van der Waals surface area contributed by atoms with Crippen molar-refractivity contribution in [1.82, 2.24) is 15.0 Å². The molecule has 0 fully saturated rings. The molecule has 4 nitrogen and oxygen atoms in total. The van der Waals surface area contributed by atoms with Crippen LogP contribution in [-0.2, 0) is 5.54 Å². The highest BCUT2D eigenvalue weighted by Crippen LogP contribution is 2.17. The largest absolute Gasteiger partial charge is 0.396 e. The number of aliphatic hydroxyl groups is 1. The van der Waals surface area contributed by atoms with E-state index in [-0.39, 0.29) is 12.1 Å². The molecule has 0 amide bonds. The third-order valence-electron chi connectivity index (χ3n) is 1.95. The predicted molar refractivity (Wildman–Crippen MR) is 45.8 cm³/mol. The summed E-state index contributed by atoms with van der Waals surface area (Å²) in [5, 5.41) is 16.7. The molecule has 4 heteroatoms. The number of aryl methyl sites for hydroxylation is 1. The average molecular weight is 169 g/mol. The zero-order valence-corrected chi connectivity index (χ0v) is 7.78. The van der Waals surface area contributed by atoms with Crippen LogP contribution in [0.3, 0.4) is 0 Å². The molecule has 0 saturated heterocycles. The number of rotatable bonds is 3. The maximum Gasteiger partial charge on any atom is 0.0796 e. The van der Waals surface area contributed by atoms with Crippen LogP contribution in [0.15, 0.2) is 6.20 Å². The fraction of sp³-hybridized carbons (Fsp3) is 0.750. The van der Waals surface area contributed by atoms with Gasteiger partial charge in [-0.1, -0.05) is 5.21 Å². The van der Waals surface area contributed by atoms with Crippen molar-refractivity contribution in [2.75, 3.05) is 6.61 Å². The van der Waals surface area contributed by atoms with Gasteiger partial charge >= 0.3 is 0 Å². The zero-order chi connectivity index (χ0) is 9.19. The lowest BCUT2D eigenvalue weighted by Crippen LogP contribution is -2.28. The molecule has 0 aliphatic heterocycles. The molecular weight excluding hydrogens is 154 g/mol. The van der Waals surface area contributed by atoms with E-state index < -0.39 is 0 Å². The minimum Gasteiger partial charge on any atom is -0.396 e. The molecule has 0 unspecified atom stereocenters. The monoisotopic (exact) mass is 169 g/mol. The zero-order valence-electron chi connectivity index (χ0n) is 7.78. The Morgan fingerprint density at radius 1 is 1.58 bits per heavy atom. The number of nitrogens with zero attached hydrogens (tertiary/aromatic N) is 3. The van der Waals surface area contributed by atoms with Gasteiger partial charge in [0.15, 0.2) is 0 Å². The summed E-state index contributed by atoms with van der Waals surface area (Å²) in [6.45, 7) is 6.12. The van der Waals surface area contributed by atoms with E-state index in [4.69, 9.17) is 5.11 Å². The van der Waals surface area contributed by atoms with Gasteiger partial charge in [-0.25, -0.2) is 4.68 Å². The van der Waals surface area contributed by atoms with Crippen LogP contribution in [0.1, 0.15) is 26.0 Å². The molecule has 1 aromatic rings. The first-order chi connectivity index (χ1) is 5.56.